The molecule has 1 N–H and O–H groups in total. The molecular weight excluding hydrogens is 384 g/mol. The summed E-state index contributed by atoms with van der Waals surface area (Å²) in [4.78, 5) is 33.8. The fourth-order valence-electron chi connectivity index (χ4n) is 4.32. The van der Waals surface area contributed by atoms with Crippen molar-refractivity contribution in [2.45, 2.75) is 51.6 Å². The fourth-order valence-corrected chi connectivity index (χ4v) is 4.93. The van der Waals surface area contributed by atoms with Crippen LogP contribution in [-0.2, 0) is 16.1 Å². The van der Waals surface area contributed by atoms with E-state index in [2.05, 4.69) is 22.1 Å². The first-order valence-electron chi connectivity index (χ1n) is 10.9. The Labute approximate surface area is 178 Å². The molecule has 0 aliphatic carbocycles. The van der Waals surface area contributed by atoms with Gasteiger partial charge in [-0.3, -0.25) is 19.5 Å². The summed E-state index contributed by atoms with van der Waals surface area (Å²) in [6.07, 6.45) is 6.48. The van der Waals surface area contributed by atoms with Crippen LogP contribution in [0, 0.1) is 5.92 Å². The Morgan fingerprint density at radius 3 is 2.76 bits per heavy atom. The van der Waals surface area contributed by atoms with Crippen molar-refractivity contribution in [2.75, 3.05) is 37.7 Å². The smallest absolute Gasteiger partial charge is 0.224 e. The lowest BCUT2D eigenvalue weighted by atomic mass is 9.93. The van der Waals surface area contributed by atoms with Gasteiger partial charge < -0.3 is 10.2 Å². The molecule has 7 heteroatoms. The van der Waals surface area contributed by atoms with Gasteiger partial charge in [-0.25, -0.2) is 0 Å². The van der Waals surface area contributed by atoms with Crippen LogP contribution in [0.3, 0.4) is 0 Å². The fraction of sp³-hybridized carbons (Fsp3) is 0.682. The monoisotopic (exact) mass is 418 g/mol. The lowest BCUT2D eigenvalue weighted by Crippen LogP contribution is -2.51. The van der Waals surface area contributed by atoms with E-state index in [1.165, 1.54) is 0 Å². The maximum atomic E-state index is 12.6. The summed E-state index contributed by atoms with van der Waals surface area (Å²) in [7, 11) is 0. The van der Waals surface area contributed by atoms with Crippen LogP contribution in [0.5, 0.6) is 0 Å². The summed E-state index contributed by atoms with van der Waals surface area (Å²) in [6, 6.07) is 6.25. The van der Waals surface area contributed by atoms with E-state index in [4.69, 9.17) is 0 Å². The summed E-state index contributed by atoms with van der Waals surface area (Å²) in [5, 5.41) is 3.06. The molecule has 2 amide bonds. The largest absolute Gasteiger partial charge is 0.350 e. The highest BCUT2D eigenvalue weighted by atomic mass is 32.2. The number of nitrogens with zero attached hydrogens (tertiary/aromatic N) is 3. The highest BCUT2D eigenvalue weighted by molar-refractivity contribution is 7.99. The highest BCUT2D eigenvalue weighted by Crippen LogP contribution is 2.24. The van der Waals surface area contributed by atoms with Crippen molar-refractivity contribution < 1.29 is 9.59 Å². The molecule has 2 fully saturated rings. The maximum Gasteiger partial charge on any atom is 0.224 e. The number of aromatic nitrogens is 1. The molecule has 0 spiro atoms. The first kappa shape index (κ1) is 22.1. The molecule has 3 heterocycles. The SMILES string of the molecule is CCSCCC(=O)N1CCC(N2CCC[C@H](C(=O)NCc3ccccn3)C2)CC1. The minimum atomic E-state index is 0.0539. The predicted octanol–water partition coefficient (Wildman–Crippen LogP) is 2.54. The number of amides is 2. The molecule has 0 radical (unpaired) electrons. The third kappa shape index (κ3) is 6.71. The number of likely N-dealkylation sites (tertiary alicyclic amines) is 2. The second kappa shape index (κ2) is 11.6. The third-order valence-corrected chi connectivity index (χ3v) is 6.89. The van der Waals surface area contributed by atoms with Gasteiger partial charge in [0.2, 0.25) is 11.8 Å². The van der Waals surface area contributed by atoms with Crippen molar-refractivity contribution >= 4 is 23.6 Å². The van der Waals surface area contributed by atoms with Crippen molar-refractivity contribution in [1.29, 1.82) is 0 Å². The van der Waals surface area contributed by atoms with E-state index in [1.54, 1.807) is 6.20 Å². The Hall–Kier alpha value is -1.60. The number of hydrogen-bond donors (Lipinski definition) is 1. The summed E-state index contributed by atoms with van der Waals surface area (Å²) in [5.41, 5.74) is 0.892. The van der Waals surface area contributed by atoms with E-state index < -0.39 is 0 Å². The van der Waals surface area contributed by atoms with E-state index in [0.717, 1.165) is 69.1 Å². The van der Waals surface area contributed by atoms with E-state index in [0.29, 0.717) is 24.9 Å². The summed E-state index contributed by atoms with van der Waals surface area (Å²) >= 11 is 1.83. The number of carbonyl (C=O) groups excluding carboxylic acids is 2. The van der Waals surface area contributed by atoms with Crippen LogP contribution in [0.25, 0.3) is 0 Å². The van der Waals surface area contributed by atoms with Gasteiger partial charge in [0.25, 0.3) is 0 Å². The molecule has 0 aromatic carbocycles. The molecule has 1 aromatic heterocycles. The van der Waals surface area contributed by atoms with E-state index in [-0.39, 0.29) is 11.8 Å². The molecule has 3 rings (SSSR count). The van der Waals surface area contributed by atoms with Crippen molar-refractivity contribution in [3.8, 4) is 0 Å². The lowest BCUT2D eigenvalue weighted by Gasteiger charge is -2.42. The molecule has 160 valence electrons. The molecule has 6 nitrogen and oxygen atoms in total. The van der Waals surface area contributed by atoms with Crippen LogP contribution in [0.2, 0.25) is 0 Å². The predicted molar refractivity (Wildman–Crippen MR) is 118 cm³/mol. The second-order valence-electron chi connectivity index (χ2n) is 7.93. The van der Waals surface area contributed by atoms with E-state index in [9.17, 15) is 9.59 Å². The Bertz CT molecular complexity index is 649. The second-order valence-corrected chi connectivity index (χ2v) is 9.33. The van der Waals surface area contributed by atoms with Crippen molar-refractivity contribution in [3.05, 3.63) is 30.1 Å². The number of rotatable bonds is 8. The zero-order chi connectivity index (χ0) is 20.5. The van der Waals surface area contributed by atoms with Gasteiger partial charge in [-0.2, -0.15) is 11.8 Å². The van der Waals surface area contributed by atoms with Crippen LogP contribution in [-0.4, -0.2) is 70.3 Å². The van der Waals surface area contributed by atoms with E-state index >= 15 is 0 Å². The Morgan fingerprint density at radius 2 is 2.03 bits per heavy atom. The van der Waals surface area contributed by atoms with Gasteiger partial charge in [0.15, 0.2) is 0 Å². The molecule has 1 atom stereocenters. The maximum absolute atomic E-state index is 12.6. The first-order valence-corrected chi connectivity index (χ1v) is 12.1. The molecular formula is C22H34N4O2S. The normalized spacial score (nSPS) is 21.1. The molecule has 0 unspecified atom stereocenters. The average Bonchev–Trinajstić information content (AvgIpc) is 2.78. The zero-order valence-corrected chi connectivity index (χ0v) is 18.3. The standard InChI is InChI=1S/C22H34N4O2S/c1-2-29-15-10-21(27)25-13-8-20(9-14-25)26-12-5-6-18(17-26)22(28)24-16-19-7-3-4-11-23-19/h3-4,7,11,18,20H,2,5-6,8-10,12-17H2,1H3,(H,24,28)/t18-/m0/s1. The topological polar surface area (TPSA) is 65.5 Å². The van der Waals surface area contributed by atoms with Gasteiger partial charge in [-0.1, -0.05) is 13.0 Å². The molecule has 0 saturated carbocycles. The van der Waals surface area contributed by atoms with Gasteiger partial charge >= 0.3 is 0 Å². The van der Waals surface area contributed by atoms with Crippen molar-refractivity contribution in [2.24, 2.45) is 5.92 Å². The Kier molecular flexibility index (Phi) is 8.80. The minimum absolute atomic E-state index is 0.0539. The van der Waals surface area contributed by atoms with Gasteiger partial charge in [0, 0.05) is 44.0 Å². The number of thioether (sulfide) groups is 1. The number of nitrogens with one attached hydrogen (secondary N) is 1. The van der Waals surface area contributed by atoms with E-state index in [1.807, 2.05) is 34.9 Å². The summed E-state index contributed by atoms with van der Waals surface area (Å²) < 4.78 is 0. The van der Waals surface area contributed by atoms with Crippen molar-refractivity contribution in [1.82, 2.24) is 20.1 Å². The highest BCUT2D eigenvalue weighted by Gasteiger charge is 2.32. The number of piperidine rings is 2. The van der Waals surface area contributed by atoms with Crippen LogP contribution in [0.4, 0.5) is 0 Å². The third-order valence-electron chi connectivity index (χ3n) is 5.99. The molecule has 1 aromatic rings. The average molecular weight is 419 g/mol. The van der Waals surface area contributed by atoms with Crippen molar-refractivity contribution in [3.63, 3.8) is 0 Å². The van der Waals surface area contributed by atoms with Crippen LogP contribution >= 0.6 is 11.8 Å². The van der Waals surface area contributed by atoms with Crippen LogP contribution < -0.4 is 5.32 Å². The molecule has 29 heavy (non-hydrogen) atoms. The Morgan fingerprint density at radius 1 is 1.21 bits per heavy atom. The Balaban J connectivity index is 1.41. The zero-order valence-electron chi connectivity index (χ0n) is 17.5. The van der Waals surface area contributed by atoms with Gasteiger partial charge in [0.1, 0.15) is 0 Å². The van der Waals surface area contributed by atoms with Crippen LogP contribution in [0.1, 0.15) is 44.7 Å². The van der Waals surface area contributed by atoms with Gasteiger partial charge in [-0.05, 0) is 50.1 Å². The molecule has 2 aliphatic rings. The minimum Gasteiger partial charge on any atom is -0.350 e. The van der Waals surface area contributed by atoms with Crippen LogP contribution in [0.15, 0.2) is 24.4 Å². The molecule has 0 bridgehead atoms. The number of hydrogen-bond acceptors (Lipinski definition) is 5. The van der Waals surface area contributed by atoms with Gasteiger partial charge in [-0.15, -0.1) is 0 Å². The lowest BCUT2D eigenvalue weighted by molar-refractivity contribution is -0.132. The quantitative estimate of drug-likeness (QED) is 0.657. The number of carbonyl (C=O) groups is 2. The first-order chi connectivity index (χ1) is 14.2. The molecule has 2 saturated heterocycles. The number of pyridine rings is 1. The summed E-state index contributed by atoms with van der Waals surface area (Å²) in [6.45, 7) is 6.23. The summed E-state index contributed by atoms with van der Waals surface area (Å²) in [5.74, 6) is 2.49. The van der Waals surface area contributed by atoms with Gasteiger partial charge in [0.05, 0.1) is 18.2 Å². The molecule has 2 aliphatic heterocycles.